The van der Waals surface area contributed by atoms with Crippen molar-refractivity contribution in [3.05, 3.63) is 88.3 Å². The second-order valence-electron chi connectivity index (χ2n) is 10.3. The van der Waals surface area contributed by atoms with Gasteiger partial charge in [-0.2, -0.15) is 0 Å². The van der Waals surface area contributed by atoms with Crippen molar-refractivity contribution in [2.24, 2.45) is 0 Å². The van der Waals surface area contributed by atoms with Crippen molar-refractivity contribution in [1.29, 1.82) is 0 Å². The Morgan fingerprint density at radius 2 is 1.89 bits per heavy atom. The molecule has 5 rings (SSSR count). The van der Waals surface area contributed by atoms with E-state index in [9.17, 15) is 19.5 Å². The number of hydrogen-bond acceptors (Lipinski definition) is 10. The van der Waals surface area contributed by atoms with Gasteiger partial charge in [0.15, 0.2) is 22.4 Å². The normalized spacial score (nSPS) is 15.9. The molecule has 1 atom stereocenters. The third-order valence-electron chi connectivity index (χ3n) is 7.22. The van der Waals surface area contributed by atoms with Crippen LogP contribution in [-0.4, -0.2) is 57.0 Å². The average molecular weight is 631 g/mol. The molecule has 4 aromatic rings. The highest BCUT2D eigenvalue weighted by molar-refractivity contribution is 7.17. The number of pyridine rings is 1. The molecule has 3 aromatic heterocycles. The Kier molecular flexibility index (Phi) is 9.33. The number of esters is 1. The Balaban J connectivity index is 1.71. The number of rotatable bonds is 12. The van der Waals surface area contributed by atoms with Crippen LogP contribution in [0.25, 0.3) is 11.4 Å². The minimum absolute atomic E-state index is 0.00155. The fraction of sp³-hybridized carbons (Fsp3) is 0.303. The van der Waals surface area contributed by atoms with Crippen molar-refractivity contribution in [3.63, 3.8) is 0 Å². The highest BCUT2D eigenvalue weighted by atomic mass is 32.1. The molecule has 11 nitrogen and oxygen atoms in total. The Labute approximate surface area is 264 Å². The molecule has 0 radical (unpaired) electrons. The van der Waals surface area contributed by atoms with E-state index in [1.54, 1.807) is 54.8 Å². The molecule has 4 heterocycles. The van der Waals surface area contributed by atoms with Gasteiger partial charge >= 0.3 is 11.9 Å². The molecule has 1 N–H and O–H groups in total. The molecular weight excluding hydrogens is 596 g/mol. The zero-order valence-electron chi connectivity index (χ0n) is 25.5. The molecule has 1 fully saturated rings. The van der Waals surface area contributed by atoms with Crippen LogP contribution >= 0.6 is 11.3 Å². The molecule has 1 amide bonds. The highest BCUT2D eigenvalue weighted by Gasteiger charge is 2.49. The largest absolute Gasteiger partial charge is 0.505 e. The van der Waals surface area contributed by atoms with E-state index in [1.165, 1.54) is 11.0 Å². The molecule has 12 heteroatoms. The molecule has 0 saturated carbocycles. The number of aromatic nitrogens is 3. The lowest BCUT2D eigenvalue weighted by molar-refractivity contribution is -0.132. The lowest BCUT2D eigenvalue weighted by Crippen LogP contribution is -2.29. The maximum absolute atomic E-state index is 13.9. The number of Topliss-reactive ketones (excluding diaryl/α,β-unsaturated/α-hetero) is 1. The van der Waals surface area contributed by atoms with Crippen LogP contribution in [0.4, 0.5) is 5.13 Å². The first kappa shape index (κ1) is 31.5. The predicted molar refractivity (Wildman–Crippen MR) is 170 cm³/mol. The van der Waals surface area contributed by atoms with E-state index in [4.69, 9.17) is 14.2 Å². The van der Waals surface area contributed by atoms with Gasteiger partial charge in [0, 0.05) is 6.20 Å². The monoisotopic (exact) mass is 630 g/mol. The number of imidazole rings is 1. The molecular formula is C33H34N4O7S. The van der Waals surface area contributed by atoms with Gasteiger partial charge in [0.2, 0.25) is 0 Å². The molecule has 1 aliphatic rings. The van der Waals surface area contributed by atoms with Gasteiger partial charge in [0.1, 0.15) is 22.8 Å². The minimum Gasteiger partial charge on any atom is -0.505 e. The van der Waals surface area contributed by atoms with Crippen molar-refractivity contribution in [1.82, 2.24) is 14.4 Å². The van der Waals surface area contributed by atoms with Crippen LogP contribution in [0.5, 0.6) is 11.5 Å². The second kappa shape index (κ2) is 13.3. The van der Waals surface area contributed by atoms with E-state index < -0.39 is 29.5 Å². The van der Waals surface area contributed by atoms with Crippen molar-refractivity contribution in [2.45, 2.75) is 46.6 Å². The SMILES string of the molecule is C=CCOC(=O)c1sc(N2C(=O)C(=O)C(=C(O)c3c(C)nc4ccccn34)C2c2ccc(OCCCC)c(OCC)c2)nc1C. The van der Waals surface area contributed by atoms with Gasteiger partial charge in [-0.1, -0.05) is 49.5 Å². The summed E-state index contributed by atoms with van der Waals surface area (Å²) in [6.45, 7) is 11.6. The maximum Gasteiger partial charge on any atom is 0.350 e. The molecule has 0 spiro atoms. The molecule has 1 unspecified atom stereocenters. The standard InChI is InChI=1S/C33H34N4O7S/c1-6-9-17-43-22-14-13-21(18-23(22)42-8-3)27-25(28(38)26-19(4)34-24-12-10-11-15-36(24)26)29(39)31(40)37(27)33-35-20(5)30(45-33)32(41)44-16-7-2/h7,10-15,18,27,38H,2,6,8-9,16-17H2,1,3-5H3. The minimum atomic E-state index is -1.12. The van der Waals surface area contributed by atoms with Crippen LogP contribution in [0.3, 0.4) is 0 Å². The number of aliphatic hydroxyl groups excluding tert-OH is 1. The zero-order valence-corrected chi connectivity index (χ0v) is 26.3. The number of anilines is 1. The number of fused-ring (bicyclic) bond motifs is 1. The third-order valence-corrected chi connectivity index (χ3v) is 8.36. The lowest BCUT2D eigenvalue weighted by Gasteiger charge is -2.24. The zero-order chi connectivity index (χ0) is 32.2. The Bertz CT molecular complexity index is 1820. The summed E-state index contributed by atoms with van der Waals surface area (Å²) in [4.78, 5) is 50.8. The van der Waals surface area contributed by atoms with Crippen molar-refractivity contribution < 1.29 is 33.7 Å². The number of ketones is 1. The van der Waals surface area contributed by atoms with E-state index in [2.05, 4.69) is 23.5 Å². The van der Waals surface area contributed by atoms with Gasteiger partial charge in [-0.3, -0.25) is 18.9 Å². The van der Waals surface area contributed by atoms with Gasteiger partial charge in [-0.25, -0.2) is 14.8 Å². The fourth-order valence-electron chi connectivity index (χ4n) is 5.16. The summed E-state index contributed by atoms with van der Waals surface area (Å²) >= 11 is 0.923. The summed E-state index contributed by atoms with van der Waals surface area (Å²) in [5.74, 6) is -1.90. The summed E-state index contributed by atoms with van der Waals surface area (Å²) in [5, 5.41) is 11.9. The quantitative estimate of drug-likeness (QED) is 0.0503. The first-order chi connectivity index (χ1) is 21.7. The van der Waals surface area contributed by atoms with Gasteiger partial charge in [-0.15, -0.1) is 0 Å². The number of ether oxygens (including phenoxy) is 3. The first-order valence-corrected chi connectivity index (χ1v) is 15.4. The molecule has 1 aliphatic heterocycles. The van der Waals surface area contributed by atoms with E-state index >= 15 is 0 Å². The number of carbonyl (C=O) groups excluding carboxylic acids is 3. The summed E-state index contributed by atoms with van der Waals surface area (Å²) in [6.07, 6.45) is 4.97. The number of carbonyl (C=O) groups is 3. The number of amides is 1. The van der Waals surface area contributed by atoms with E-state index in [-0.39, 0.29) is 27.9 Å². The van der Waals surface area contributed by atoms with E-state index in [0.29, 0.717) is 47.3 Å². The van der Waals surface area contributed by atoms with Crippen molar-refractivity contribution in [3.8, 4) is 11.5 Å². The number of unbranched alkanes of at least 4 members (excludes halogenated alkanes) is 1. The van der Waals surface area contributed by atoms with Crippen LogP contribution < -0.4 is 14.4 Å². The lowest BCUT2D eigenvalue weighted by atomic mass is 9.96. The summed E-state index contributed by atoms with van der Waals surface area (Å²) in [7, 11) is 0. The highest BCUT2D eigenvalue weighted by Crippen LogP contribution is 2.46. The summed E-state index contributed by atoms with van der Waals surface area (Å²) < 4.78 is 18.7. The summed E-state index contributed by atoms with van der Waals surface area (Å²) in [6, 6.07) is 9.39. The molecule has 45 heavy (non-hydrogen) atoms. The molecule has 0 bridgehead atoms. The van der Waals surface area contributed by atoms with Crippen molar-refractivity contribution >= 4 is 45.5 Å². The van der Waals surface area contributed by atoms with Gasteiger partial charge < -0.3 is 19.3 Å². The number of thiazole rings is 1. The third kappa shape index (κ3) is 5.93. The van der Waals surface area contributed by atoms with Crippen LogP contribution in [0.15, 0.2) is 60.8 Å². The molecule has 234 valence electrons. The number of nitrogens with zero attached hydrogens (tertiary/aromatic N) is 4. The molecule has 1 saturated heterocycles. The van der Waals surface area contributed by atoms with Crippen LogP contribution in [-0.2, 0) is 14.3 Å². The van der Waals surface area contributed by atoms with E-state index in [0.717, 1.165) is 24.2 Å². The van der Waals surface area contributed by atoms with Gasteiger partial charge in [-0.05, 0) is 57.0 Å². The van der Waals surface area contributed by atoms with Crippen LogP contribution in [0, 0.1) is 13.8 Å². The molecule has 0 aliphatic carbocycles. The van der Waals surface area contributed by atoms with Crippen LogP contribution in [0.2, 0.25) is 0 Å². The topological polar surface area (TPSA) is 133 Å². The number of hydrogen-bond donors (Lipinski definition) is 1. The smallest absolute Gasteiger partial charge is 0.350 e. The van der Waals surface area contributed by atoms with Crippen LogP contribution in [0.1, 0.15) is 65.0 Å². The predicted octanol–water partition coefficient (Wildman–Crippen LogP) is 5.95. The number of benzene rings is 1. The first-order valence-electron chi connectivity index (χ1n) is 14.6. The van der Waals surface area contributed by atoms with Gasteiger partial charge in [0.25, 0.3) is 5.78 Å². The van der Waals surface area contributed by atoms with E-state index in [1.807, 2.05) is 13.0 Å². The average Bonchev–Trinajstić information content (AvgIpc) is 3.66. The Morgan fingerprint density at radius 1 is 1.09 bits per heavy atom. The Morgan fingerprint density at radius 3 is 2.62 bits per heavy atom. The summed E-state index contributed by atoms with van der Waals surface area (Å²) in [5.41, 5.74) is 1.96. The number of aryl methyl sites for hydroxylation is 2. The second-order valence-corrected chi connectivity index (χ2v) is 11.3. The van der Waals surface area contributed by atoms with Crippen molar-refractivity contribution in [2.75, 3.05) is 24.7 Å². The van der Waals surface area contributed by atoms with Gasteiger partial charge in [0.05, 0.1) is 36.2 Å². The Hall–Kier alpha value is -4.97. The fourth-order valence-corrected chi connectivity index (χ4v) is 6.14. The molecule has 1 aromatic carbocycles. The number of aliphatic hydroxyl groups is 1. The maximum atomic E-state index is 13.9.